The Balaban J connectivity index is 1.58. The fraction of sp³-hybridized carbons (Fsp3) is 0.750. The van der Waals surface area contributed by atoms with Gasteiger partial charge in [0.2, 0.25) is 5.95 Å². The summed E-state index contributed by atoms with van der Waals surface area (Å²) in [6.45, 7) is 1.98. The average molecular weight is 250 g/mol. The van der Waals surface area contributed by atoms with Gasteiger partial charge in [0.15, 0.2) is 0 Å². The third kappa shape index (κ3) is 2.25. The van der Waals surface area contributed by atoms with Gasteiger partial charge in [0.05, 0.1) is 6.10 Å². The van der Waals surface area contributed by atoms with Gasteiger partial charge < -0.3 is 4.74 Å². The van der Waals surface area contributed by atoms with Crippen molar-refractivity contribution in [2.75, 3.05) is 5.32 Å². The first-order chi connectivity index (χ1) is 8.72. The monoisotopic (exact) mass is 250 g/mol. The Morgan fingerprint density at radius 2 is 2.22 bits per heavy atom. The minimum atomic E-state index is -0.356. The van der Waals surface area contributed by atoms with Crippen LogP contribution in [0.1, 0.15) is 50.8 Å². The van der Waals surface area contributed by atoms with E-state index in [1.165, 1.54) is 6.42 Å². The number of carbonyl (C=O) groups is 1. The lowest BCUT2D eigenvalue weighted by atomic mass is 9.85. The van der Waals surface area contributed by atoms with Gasteiger partial charge in [-0.05, 0) is 32.6 Å². The quantitative estimate of drug-likeness (QED) is 0.853. The van der Waals surface area contributed by atoms with Crippen molar-refractivity contribution in [3.8, 4) is 0 Å². The van der Waals surface area contributed by atoms with Gasteiger partial charge in [-0.3, -0.25) is 15.2 Å². The van der Waals surface area contributed by atoms with Crippen LogP contribution in [0.15, 0.2) is 0 Å². The van der Waals surface area contributed by atoms with Gasteiger partial charge in [0.25, 0.3) is 5.91 Å². The van der Waals surface area contributed by atoms with Crippen molar-refractivity contribution in [1.82, 2.24) is 15.2 Å². The first-order valence-electron chi connectivity index (χ1n) is 6.61. The smallest absolute Gasteiger partial charge is 0.255 e. The predicted molar refractivity (Wildman–Crippen MR) is 65.2 cm³/mol. The van der Waals surface area contributed by atoms with Crippen LogP contribution in [0.4, 0.5) is 5.95 Å². The predicted octanol–water partition coefficient (Wildman–Crippen LogP) is 1.58. The van der Waals surface area contributed by atoms with E-state index in [2.05, 4.69) is 20.5 Å². The van der Waals surface area contributed by atoms with Crippen LogP contribution in [0.2, 0.25) is 0 Å². The third-order valence-electron chi connectivity index (χ3n) is 3.75. The van der Waals surface area contributed by atoms with Gasteiger partial charge in [-0.15, -0.1) is 5.10 Å². The molecule has 2 fully saturated rings. The van der Waals surface area contributed by atoms with E-state index in [0.717, 1.165) is 31.5 Å². The van der Waals surface area contributed by atoms with Crippen molar-refractivity contribution in [2.45, 2.75) is 57.2 Å². The molecule has 0 aromatic carbocycles. The Labute approximate surface area is 106 Å². The van der Waals surface area contributed by atoms with Gasteiger partial charge in [0, 0.05) is 5.92 Å². The molecule has 0 radical (unpaired) electrons. The van der Waals surface area contributed by atoms with Crippen LogP contribution < -0.4 is 5.32 Å². The number of hydrogen-bond donors (Lipinski definition) is 2. The van der Waals surface area contributed by atoms with Crippen molar-refractivity contribution in [1.29, 1.82) is 0 Å². The molecular formula is C12H18N4O2. The summed E-state index contributed by atoms with van der Waals surface area (Å²) in [5.41, 5.74) is 0. The molecule has 2 atom stereocenters. The summed E-state index contributed by atoms with van der Waals surface area (Å²) in [5.74, 6) is 1.60. The lowest BCUT2D eigenvalue weighted by molar-refractivity contribution is -0.126. The fourth-order valence-corrected chi connectivity index (χ4v) is 2.38. The first-order valence-corrected chi connectivity index (χ1v) is 6.61. The van der Waals surface area contributed by atoms with E-state index >= 15 is 0 Å². The summed E-state index contributed by atoms with van der Waals surface area (Å²) >= 11 is 0. The van der Waals surface area contributed by atoms with Crippen molar-refractivity contribution in [3.63, 3.8) is 0 Å². The van der Waals surface area contributed by atoms with Gasteiger partial charge >= 0.3 is 0 Å². The van der Waals surface area contributed by atoms with Gasteiger partial charge in [0.1, 0.15) is 11.9 Å². The molecule has 0 spiro atoms. The molecule has 6 nitrogen and oxygen atoms in total. The Hall–Kier alpha value is -1.43. The molecule has 1 amide bonds. The number of nitrogens with zero attached hydrogens (tertiary/aromatic N) is 2. The zero-order valence-corrected chi connectivity index (χ0v) is 10.5. The standard InChI is InChI=1S/C12H18N4O2/c1-7-5-6-9(18-7)11(17)14-12-13-10(15-16-12)8-3-2-4-8/h7-9H,2-6H2,1H3,(H2,13,14,15,16,17)/t7-,9+/m0/s1. The normalized spacial score (nSPS) is 28.1. The molecule has 1 aliphatic heterocycles. The lowest BCUT2D eigenvalue weighted by Crippen LogP contribution is -2.28. The number of rotatable bonds is 3. The number of aromatic nitrogens is 3. The topological polar surface area (TPSA) is 79.9 Å². The molecule has 2 heterocycles. The highest BCUT2D eigenvalue weighted by Gasteiger charge is 2.29. The minimum Gasteiger partial charge on any atom is -0.365 e. The van der Waals surface area contributed by atoms with E-state index in [-0.39, 0.29) is 18.1 Å². The Bertz CT molecular complexity index is 441. The second-order valence-corrected chi connectivity index (χ2v) is 5.17. The van der Waals surface area contributed by atoms with E-state index in [0.29, 0.717) is 11.9 Å². The van der Waals surface area contributed by atoms with Crippen molar-refractivity contribution >= 4 is 11.9 Å². The Kier molecular flexibility index (Phi) is 3.03. The van der Waals surface area contributed by atoms with Crippen LogP contribution in [0.3, 0.4) is 0 Å². The van der Waals surface area contributed by atoms with E-state index in [1.807, 2.05) is 6.92 Å². The van der Waals surface area contributed by atoms with Crippen molar-refractivity contribution < 1.29 is 9.53 Å². The minimum absolute atomic E-state index is 0.140. The highest BCUT2D eigenvalue weighted by molar-refractivity contribution is 5.92. The summed E-state index contributed by atoms with van der Waals surface area (Å²) in [6.07, 6.45) is 5.08. The van der Waals surface area contributed by atoms with E-state index in [9.17, 15) is 4.79 Å². The summed E-state index contributed by atoms with van der Waals surface area (Å²) in [7, 11) is 0. The molecule has 6 heteroatoms. The number of amides is 1. The van der Waals surface area contributed by atoms with Gasteiger partial charge in [-0.2, -0.15) is 4.98 Å². The van der Waals surface area contributed by atoms with E-state index < -0.39 is 0 Å². The van der Waals surface area contributed by atoms with E-state index in [4.69, 9.17) is 4.74 Å². The van der Waals surface area contributed by atoms with E-state index in [1.54, 1.807) is 0 Å². The molecule has 2 N–H and O–H groups in total. The molecule has 1 saturated heterocycles. The largest absolute Gasteiger partial charge is 0.365 e. The maximum absolute atomic E-state index is 11.9. The van der Waals surface area contributed by atoms with Crippen LogP contribution in [0.25, 0.3) is 0 Å². The summed E-state index contributed by atoms with van der Waals surface area (Å²) in [6, 6.07) is 0. The Morgan fingerprint density at radius 1 is 1.39 bits per heavy atom. The Morgan fingerprint density at radius 3 is 2.83 bits per heavy atom. The zero-order chi connectivity index (χ0) is 12.5. The van der Waals surface area contributed by atoms with Gasteiger partial charge in [-0.1, -0.05) is 6.42 Å². The molecule has 1 aliphatic carbocycles. The number of aromatic amines is 1. The molecular weight excluding hydrogens is 232 g/mol. The molecule has 1 saturated carbocycles. The highest BCUT2D eigenvalue weighted by atomic mass is 16.5. The molecule has 98 valence electrons. The molecule has 0 bridgehead atoms. The molecule has 2 aliphatic rings. The molecule has 1 aromatic rings. The lowest BCUT2D eigenvalue weighted by Gasteiger charge is -2.22. The van der Waals surface area contributed by atoms with Crippen molar-refractivity contribution in [2.24, 2.45) is 0 Å². The van der Waals surface area contributed by atoms with Gasteiger partial charge in [-0.25, -0.2) is 0 Å². The first kappa shape index (κ1) is 11.6. The van der Waals surface area contributed by atoms with Crippen LogP contribution in [-0.4, -0.2) is 33.3 Å². The second-order valence-electron chi connectivity index (χ2n) is 5.17. The molecule has 1 aromatic heterocycles. The van der Waals surface area contributed by atoms with Crippen LogP contribution in [0, 0.1) is 0 Å². The second kappa shape index (κ2) is 4.68. The van der Waals surface area contributed by atoms with Crippen molar-refractivity contribution in [3.05, 3.63) is 5.82 Å². The van der Waals surface area contributed by atoms with Crippen LogP contribution in [-0.2, 0) is 9.53 Å². The molecule has 3 rings (SSSR count). The number of nitrogens with one attached hydrogen (secondary N) is 2. The maximum Gasteiger partial charge on any atom is 0.255 e. The third-order valence-corrected chi connectivity index (χ3v) is 3.75. The highest BCUT2D eigenvalue weighted by Crippen LogP contribution is 2.34. The summed E-state index contributed by atoms with van der Waals surface area (Å²) in [4.78, 5) is 16.2. The molecule has 18 heavy (non-hydrogen) atoms. The number of H-pyrrole nitrogens is 1. The number of ether oxygens (including phenoxy) is 1. The number of anilines is 1. The fourth-order valence-electron chi connectivity index (χ4n) is 2.38. The zero-order valence-electron chi connectivity index (χ0n) is 10.5. The molecule has 0 unspecified atom stereocenters. The maximum atomic E-state index is 11.9. The summed E-state index contributed by atoms with van der Waals surface area (Å²) < 4.78 is 5.50. The number of carbonyl (C=O) groups excluding carboxylic acids is 1. The SMILES string of the molecule is C[C@H]1CC[C@H](C(=O)Nc2n[nH]c(C3CCC3)n2)O1. The van der Waals surface area contributed by atoms with Crippen LogP contribution in [0.5, 0.6) is 0 Å². The van der Waals surface area contributed by atoms with Crippen LogP contribution >= 0.6 is 0 Å². The number of hydrogen-bond acceptors (Lipinski definition) is 4. The summed E-state index contributed by atoms with van der Waals surface area (Å²) in [5, 5.41) is 9.63. The average Bonchev–Trinajstić information content (AvgIpc) is 2.85.